The molecule has 0 bridgehead atoms. The lowest BCUT2D eigenvalue weighted by Crippen LogP contribution is -2.32. The number of para-hydroxylation sites is 1. The zero-order valence-electron chi connectivity index (χ0n) is 19.7. The second-order valence-corrected chi connectivity index (χ2v) is 9.07. The van der Waals surface area contributed by atoms with Crippen LogP contribution in [0.5, 0.6) is 0 Å². The van der Waals surface area contributed by atoms with Gasteiger partial charge >= 0.3 is 0 Å². The van der Waals surface area contributed by atoms with Crippen LogP contribution in [-0.2, 0) is 6.54 Å². The van der Waals surface area contributed by atoms with Gasteiger partial charge in [-0.1, -0.05) is 58.0 Å². The monoisotopic (exact) mass is 424 g/mol. The van der Waals surface area contributed by atoms with E-state index in [0.717, 1.165) is 30.6 Å². The van der Waals surface area contributed by atoms with Crippen LogP contribution in [0.3, 0.4) is 0 Å². The molecule has 0 aliphatic heterocycles. The molecule has 0 unspecified atom stereocenters. The molecule has 1 amide bonds. The minimum absolute atomic E-state index is 0.143. The highest BCUT2D eigenvalue weighted by Crippen LogP contribution is 2.08. The predicted molar refractivity (Wildman–Crippen MR) is 131 cm³/mol. The molecule has 0 aliphatic rings. The van der Waals surface area contributed by atoms with E-state index in [1.165, 1.54) is 38.0 Å². The first-order valence-corrected chi connectivity index (χ1v) is 11.6. The van der Waals surface area contributed by atoms with Crippen molar-refractivity contribution < 1.29 is 4.79 Å². The number of anilines is 1. The zero-order valence-corrected chi connectivity index (χ0v) is 19.7. The first kappa shape index (κ1) is 24.9. The maximum absolute atomic E-state index is 12.3. The zero-order chi connectivity index (χ0) is 22.5. The third-order valence-corrected chi connectivity index (χ3v) is 4.96. The largest absolute Gasteiger partial charge is 0.313 e. The number of rotatable bonds is 14. The minimum atomic E-state index is -0.143. The Bertz CT molecular complexity index is 734. The smallest absolute Gasteiger partial charge is 0.269 e. The summed E-state index contributed by atoms with van der Waals surface area (Å²) < 4.78 is 0. The highest BCUT2D eigenvalue weighted by molar-refractivity contribution is 5.94. The van der Waals surface area contributed by atoms with E-state index < -0.39 is 0 Å². The molecule has 2 aromatic rings. The molecule has 2 rings (SSSR count). The summed E-state index contributed by atoms with van der Waals surface area (Å²) in [7, 11) is 0. The molecule has 0 spiro atoms. The molecular weight excluding hydrogens is 384 g/mol. The first-order valence-electron chi connectivity index (χ1n) is 11.6. The van der Waals surface area contributed by atoms with Crippen LogP contribution >= 0.6 is 0 Å². The predicted octanol–water partition coefficient (Wildman–Crippen LogP) is 4.93. The lowest BCUT2D eigenvalue weighted by molar-refractivity contribution is 0.0962. The second-order valence-electron chi connectivity index (χ2n) is 9.07. The van der Waals surface area contributed by atoms with Crippen molar-refractivity contribution in [1.29, 1.82) is 0 Å². The van der Waals surface area contributed by atoms with E-state index in [1.807, 2.05) is 54.6 Å². The Morgan fingerprint density at radius 3 is 2.13 bits per heavy atom. The summed E-state index contributed by atoms with van der Waals surface area (Å²) in [5.41, 5.74) is 8.33. The van der Waals surface area contributed by atoms with Gasteiger partial charge in [0, 0.05) is 25.2 Å². The molecule has 0 atom stereocenters. The van der Waals surface area contributed by atoms with Gasteiger partial charge < -0.3 is 10.2 Å². The minimum Gasteiger partial charge on any atom is -0.313 e. The van der Waals surface area contributed by atoms with Gasteiger partial charge in [-0.3, -0.25) is 15.6 Å². The number of nitrogens with zero attached hydrogens (tertiary/aromatic N) is 1. The van der Waals surface area contributed by atoms with Crippen molar-refractivity contribution in [3.8, 4) is 0 Å². The Balaban J connectivity index is 1.63. The summed E-state index contributed by atoms with van der Waals surface area (Å²) >= 11 is 0. The molecule has 5 nitrogen and oxygen atoms in total. The normalized spacial score (nSPS) is 11.3. The van der Waals surface area contributed by atoms with Crippen LogP contribution in [-0.4, -0.2) is 37.0 Å². The van der Waals surface area contributed by atoms with Gasteiger partial charge in [-0.05, 0) is 67.6 Å². The quantitative estimate of drug-likeness (QED) is 0.297. The van der Waals surface area contributed by atoms with Crippen molar-refractivity contribution in [1.82, 2.24) is 15.6 Å². The molecule has 170 valence electrons. The van der Waals surface area contributed by atoms with E-state index >= 15 is 0 Å². The summed E-state index contributed by atoms with van der Waals surface area (Å²) in [6, 6.07) is 17.3. The van der Waals surface area contributed by atoms with Crippen LogP contribution in [0.4, 0.5) is 5.69 Å². The number of hydrogen-bond acceptors (Lipinski definition) is 4. The molecule has 0 saturated heterocycles. The Kier molecular flexibility index (Phi) is 11.1. The van der Waals surface area contributed by atoms with Crippen LogP contribution in [0.15, 0.2) is 54.6 Å². The molecule has 0 saturated carbocycles. The lowest BCUT2D eigenvalue weighted by atomic mass is 10.1. The fourth-order valence-corrected chi connectivity index (χ4v) is 3.60. The summed E-state index contributed by atoms with van der Waals surface area (Å²) in [6.07, 6.45) is 2.40. The van der Waals surface area contributed by atoms with Crippen LogP contribution in [0.1, 0.15) is 56.5 Å². The Hall–Kier alpha value is -2.37. The summed E-state index contributed by atoms with van der Waals surface area (Å²) in [4.78, 5) is 14.9. The van der Waals surface area contributed by atoms with Gasteiger partial charge in [0.05, 0.1) is 5.69 Å². The maximum atomic E-state index is 12.3. The van der Waals surface area contributed by atoms with Gasteiger partial charge in [0.1, 0.15) is 0 Å². The van der Waals surface area contributed by atoms with Crippen molar-refractivity contribution in [3.63, 3.8) is 0 Å². The molecule has 0 heterocycles. The van der Waals surface area contributed by atoms with Crippen molar-refractivity contribution in [2.24, 2.45) is 11.8 Å². The molecule has 0 aliphatic carbocycles. The Morgan fingerprint density at radius 1 is 0.871 bits per heavy atom. The molecule has 2 aromatic carbocycles. The number of nitrogens with one attached hydrogen (secondary N) is 3. The molecule has 5 heteroatoms. The van der Waals surface area contributed by atoms with Crippen molar-refractivity contribution >= 4 is 11.6 Å². The number of carbonyl (C=O) groups is 1. The van der Waals surface area contributed by atoms with Crippen LogP contribution in [0.2, 0.25) is 0 Å². The number of amides is 1. The summed E-state index contributed by atoms with van der Waals surface area (Å²) in [5.74, 6) is 1.29. The first-order chi connectivity index (χ1) is 14.9. The molecule has 31 heavy (non-hydrogen) atoms. The van der Waals surface area contributed by atoms with Crippen LogP contribution in [0.25, 0.3) is 0 Å². The van der Waals surface area contributed by atoms with E-state index in [1.54, 1.807) is 0 Å². The third-order valence-electron chi connectivity index (χ3n) is 4.96. The van der Waals surface area contributed by atoms with Crippen molar-refractivity contribution in [3.05, 3.63) is 65.7 Å². The van der Waals surface area contributed by atoms with Gasteiger partial charge in [-0.15, -0.1) is 0 Å². The number of carbonyl (C=O) groups excluding carboxylic acids is 1. The van der Waals surface area contributed by atoms with Gasteiger partial charge in [-0.25, -0.2) is 0 Å². The van der Waals surface area contributed by atoms with Gasteiger partial charge in [-0.2, -0.15) is 0 Å². The Morgan fingerprint density at radius 2 is 1.52 bits per heavy atom. The second kappa shape index (κ2) is 13.8. The van der Waals surface area contributed by atoms with Gasteiger partial charge in [0.25, 0.3) is 5.91 Å². The molecule has 0 aromatic heterocycles. The van der Waals surface area contributed by atoms with E-state index in [0.29, 0.717) is 5.56 Å². The lowest BCUT2D eigenvalue weighted by Gasteiger charge is -2.26. The van der Waals surface area contributed by atoms with E-state index in [2.05, 4.69) is 48.8 Å². The number of hydrogen-bond donors (Lipinski definition) is 3. The average molecular weight is 425 g/mol. The Labute approximate surface area is 188 Å². The standard InChI is InChI=1S/C26H40N4O/c1-21(2)19-30(20-22(3)4)17-9-8-16-27-18-23-12-14-24(15-13-23)26(31)29-28-25-10-6-5-7-11-25/h5-7,10-15,21-22,27-28H,8-9,16-20H2,1-4H3,(H,29,31). The fourth-order valence-electron chi connectivity index (χ4n) is 3.60. The molecule has 0 radical (unpaired) electrons. The SMILES string of the molecule is CC(C)CN(CCCCNCc1ccc(C(=O)NNc2ccccc2)cc1)CC(C)C. The molecular formula is C26H40N4O. The number of unbranched alkanes of at least 4 members (excludes halogenated alkanes) is 1. The van der Waals surface area contributed by atoms with E-state index in [4.69, 9.17) is 0 Å². The van der Waals surface area contributed by atoms with E-state index in [9.17, 15) is 4.79 Å². The molecule has 0 fully saturated rings. The number of hydrazine groups is 1. The van der Waals surface area contributed by atoms with Crippen LogP contribution in [0, 0.1) is 11.8 Å². The van der Waals surface area contributed by atoms with Crippen molar-refractivity contribution in [2.75, 3.05) is 31.6 Å². The van der Waals surface area contributed by atoms with Gasteiger partial charge in [0.2, 0.25) is 0 Å². The third kappa shape index (κ3) is 10.5. The van der Waals surface area contributed by atoms with Gasteiger partial charge in [0.15, 0.2) is 0 Å². The van der Waals surface area contributed by atoms with E-state index in [-0.39, 0.29) is 5.91 Å². The summed E-state index contributed by atoms with van der Waals surface area (Å²) in [6.45, 7) is 14.6. The topological polar surface area (TPSA) is 56.4 Å². The highest BCUT2D eigenvalue weighted by atomic mass is 16.2. The average Bonchev–Trinajstić information content (AvgIpc) is 2.74. The molecule has 3 N–H and O–H groups in total. The highest BCUT2D eigenvalue weighted by Gasteiger charge is 2.09. The van der Waals surface area contributed by atoms with Crippen molar-refractivity contribution in [2.45, 2.75) is 47.1 Å². The number of benzene rings is 2. The van der Waals surface area contributed by atoms with Crippen LogP contribution < -0.4 is 16.2 Å². The fraction of sp³-hybridized carbons (Fsp3) is 0.500. The maximum Gasteiger partial charge on any atom is 0.269 e. The summed E-state index contributed by atoms with van der Waals surface area (Å²) in [5, 5.41) is 3.52.